The first-order valence-electron chi connectivity index (χ1n) is 7.93. The van der Waals surface area contributed by atoms with E-state index in [0.717, 1.165) is 47.8 Å². The highest BCUT2D eigenvalue weighted by molar-refractivity contribution is 5.57. The molecule has 1 saturated carbocycles. The molecule has 2 N–H and O–H groups in total. The van der Waals surface area contributed by atoms with Crippen LogP contribution in [0.25, 0.3) is 0 Å². The summed E-state index contributed by atoms with van der Waals surface area (Å²) in [6, 6.07) is 0. The van der Waals surface area contributed by atoms with Gasteiger partial charge in [0.2, 0.25) is 0 Å². The van der Waals surface area contributed by atoms with Crippen LogP contribution in [0.15, 0.2) is 0 Å². The molecule has 1 aromatic heterocycles. The average Bonchev–Trinajstić information content (AvgIpc) is 2.48. The maximum absolute atomic E-state index is 4.64. The largest absolute Gasteiger partial charge is 0.373 e. The maximum Gasteiger partial charge on any atom is 0.134 e. The Kier molecular flexibility index (Phi) is 5.21. The SMILES string of the molecule is CCc1nc(NC)c(C)c(NCC2CCC(C)CC2)n1. The van der Waals surface area contributed by atoms with E-state index in [1.807, 2.05) is 7.05 Å². The van der Waals surface area contributed by atoms with Gasteiger partial charge in [0.25, 0.3) is 0 Å². The zero-order chi connectivity index (χ0) is 14.5. The van der Waals surface area contributed by atoms with E-state index in [0.29, 0.717) is 0 Å². The van der Waals surface area contributed by atoms with E-state index < -0.39 is 0 Å². The van der Waals surface area contributed by atoms with Gasteiger partial charge in [-0.1, -0.05) is 26.7 Å². The summed E-state index contributed by atoms with van der Waals surface area (Å²) in [5.41, 5.74) is 1.12. The summed E-state index contributed by atoms with van der Waals surface area (Å²) < 4.78 is 0. The number of rotatable bonds is 5. The highest BCUT2D eigenvalue weighted by atomic mass is 15.1. The molecule has 0 aliphatic heterocycles. The van der Waals surface area contributed by atoms with Crippen LogP contribution >= 0.6 is 0 Å². The van der Waals surface area contributed by atoms with E-state index in [4.69, 9.17) is 0 Å². The Balaban J connectivity index is 2.01. The Bertz CT molecular complexity index is 436. The fraction of sp³-hybridized carbons (Fsp3) is 0.750. The first kappa shape index (κ1) is 15.1. The standard InChI is InChI=1S/C16H28N4/c1-5-14-19-15(17-4)12(3)16(20-14)18-10-13-8-6-11(2)7-9-13/h11,13H,5-10H2,1-4H3,(H2,17,18,19,20). The molecule has 0 amide bonds. The molecule has 0 spiro atoms. The van der Waals surface area contributed by atoms with Crippen molar-refractivity contribution in [1.82, 2.24) is 9.97 Å². The zero-order valence-corrected chi connectivity index (χ0v) is 13.3. The first-order valence-corrected chi connectivity index (χ1v) is 7.93. The van der Waals surface area contributed by atoms with Gasteiger partial charge < -0.3 is 10.6 Å². The molecule has 0 radical (unpaired) electrons. The van der Waals surface area contributed by atoms with Gasteiger partial charge in [-0.3, -0.25) is 0 Å². The van der Waals surface area contributed by atoms with E-state index in [2.05, 4.69) is 41.4 Å². The summed E-state index contributed by atoms with van der Waals surface area (Å²) >= 11 is 0. The lowest BCUT2D eigenvalue weighted by Gasteiger charge is -2.26. The van der Waals surface area contributed by atoms with Crippen molar-refractivity contribution in [1.29, 1.82) is 0 Å². The summed E-state index contributed by atoms with van der Waals surface area (Å²) in [4.78, 5) is 9.15. The van der Waals surface area contributed by atoms with Crippen molar-refractivity contribution in [3.63, 3.8) is 0 Å². The molecule has 0 saturated heterocycles. The number of aryl methyl sites for hydroxylation is 1. The van der Waals surface area contributed by atoms with Gasteiger partial charge in [0.05, 0.1) is 0 Å². The van der Waals surface area contributed by atoms with Crippen molar-refractivity contribution in [2.45, 2.75) is 52.9 Å². The first-order chi connectivity index (χ1) is 9.63. The molecule has 4 nitrogen and oxygen atoms in total. The van der Waals surface area contributed by atoms with E-state index in [-0.39, 0.29) is 0 Å². The summed E-state index contributed by atoms with van der Waals surface area (Å²) in [6.07, 6.45) is 6.30. The summed E-state index contributed by atoms with van der Waals surface area (Å²) in [5, 5.41) is 6.72. The second-order valence-corrected chi connectivity index (χ2v) is 6.07. The van der Waals surface area contributed by atoms with Crippen LogP contribution < -0.4 is 10.6 Å². The lowest BCUT2D eigenvalue weighted by molar-refractivity contribution is 0.300. The topological polar surface area (TPSA) is 49.8 Å². The van der Waals surface area contributed by atoms with Gasteiger partial charge in [-0.05, 0) is 31.6 Å². The molecular formula is C16H28N4. The van der Waals surface area contributed by atoms with Gasteiger partial charge in [-0.25, -0.2) is 9.97 Å². The minimum absolute atomic E-state index is 0.795. The average molecular weight is 276 g/mol. The Hall–Kier alpha value is -1.32. The molecule has 1 fully saturated rings. The number of hydrogen-bond acceptors (Lipinski definition) is 4. The number of anilines is 2. The maximum atomic E-state index is 4.64. The van der Waals surface area contributed by atoms with Gasteiger partial charge in [0.1, 0.15) is 17.5 Å². The van der Waals surface area contributed by atoms with E-state index in [9.17, 15) is 0 Å². The van der Waals surface area contributed by atoms with Crippen molar-refractivity contribution in [3.05, 3.63) is 11.4 Å². The minimum atomic E-state index is 0.795. The summed E-state index contributed by atoms with van der Waals surface area (Å²) in [6.45, 7) is 7.58. The quantitative estimate of drug-likeness (QED) is 0.862. The summed E-state index contributed by atoms with van der Waals surface area (Å²) in [5.74, 6) is 4.55. The Morgan fingerprint density at radius 2 is 1.75 bits per heavy atom. The number of nitrogens with one attached hydrogen (secondary N) is 2. The monoisotopic (exact) mass is 276 g/mol. The third-order valence-corrected chi connectivity index (χ3v) is 4.44. The van der Waals surface area contributed by atoms with Crippen LogP contribution in [-0.2, 0) is 6.42 Å². The molecule has 1 aliphatic carbocycles. The lowest BCUT2D eigenvalue weighted by Crippen LogP contribution is -2.21. The molecule has 0 atom stereocenters. The Morgan fingerprint density at radius 1 is 1.10 bits per heavy atom. The van der Waals surface area contributed by atoms with Gasteiger partial charge in [0.15, 0.2) is 0 Å². The fourth-order valence-corrected chi connectivity index (χ4v) is 2.91. The predicted octanol–water partition coefficient (Wildman–Crippen LogP) is 3.63. The zero-order valence-electron chi connectivity index (χ0n) is 13.3. The molecule has 0 aromatic carbocycles. The molecule has 1 aromatic rings. The van der Waals surface area contributed by atoms with Crippen LogP contribution in [0, 0.1) is 18.8 Å². The third-order valence-electron chi connectivity index (χ3n) is 4.44. The van der Waals surface area contributed by atoms with Crippen LogP contribution in [0.3, 0.4) is 0 Å². The van der Waals surface area contributed by atoms with Crippen molar-refractivity contribution in [2.75, 3.05) is 24.2 Å². The highest BCUT2D eigenvalue weighted by Crippen LogP contribution is 2.29. The van der Waals surface area contributed by atoms with Crippen LogP contribution in [0.1, 0.15) is 50.9 Å². The van der Waals surface area contributed by atoms with Crippen LogP contribution in [0.5, 0.6) is 0 Å². The predicted molar refractivity (Wildman–Crippen MR) is 85.3 cm³/mol. The number of nitrogens with zero attached hydrogens (tertiary/aromatic N) is 2. The van der Waals surface area contributed by atoms with E-state index in [1.165, 1.54) is 25.7 Å². The lowest BCUT2D eigenvalue weighted by atomic mass is 9.83. The molecular weight excluding hydrogens is 248 g/mol. The smallest absolute Gasteiger partial charge is 0.134 e. The molecule has 2 rings (SSSR count). The molecule has 4 heteroatoms. The second kappa shape index (κ2) is 6.91. The van der Waals surface area contributed by atoms with Crippen molar-refractivity contribution in [3.8, 4) is 0 Å². The molecule has 112 valence electrons. The molecule has 1 aliphatic rings. The Morgan fingerprint density at radius 3 is 2.35 bits per heavy atom. The van der Waals surface area contributed by atoms with Gasteiger partial charge in [-0.2, -0.15) is 0 Å². The van der Waals surface area contributed by atoms with Crippen molar-refractivity contribution >= 4 is 11.6 Å². The number of hydrogen-bond donors (Lipinski definition) is 2. The normalized spacial score (nSPS) is 22.6. The summed E-state index contributed by atoms with van der Waals surface area (Å²) in [7, 11) is 1.92. The second-order valence-electron chi connectivity index (χ2n) is 6.07. The number of aromatic nitrogens is 2. The van der Waals surface area contributed by atoms with Crippen LogP contribution in [0.4, 0.5) is 11.6 Å². The molecule has 0 bridgehead atoms. The van der Waals surface area contributed by atoms with Gasteiger partial charge >= 0.3 is 0 Å². The van der Waals surface area contributed by atoms with Crippen molar-refractivity contribution < 1.29 is 0 Å². The van der Waals surface area contributed by atoms with Crippen molar-refractivity contribution in [2.24, 2.45) is 11.8 Å². The Labute approximate surface area is 122 Å². The van der Waals surface area contributed by atoms with E-state index in [1.54, 1.807) is 0 Å². The fourth-order valence-electron chi connectivity index (χ4n) is 2.91. The third kappa shape index (κ3) is 3.62. The van der Waals surface area contributed by atoms with Crippen LogP contribution in [-0.4, -0.2) is 23.6 Å². The molecule has 1 heterocycles. The van der Waals surface area contributed by atoms with Gasteiger partial charge in [-0.15, -0.1) is 0 Å². The van der Waals surface area contributed by atoms with E-state index >= 15 is 0 Å². The van der Waals surface area contributed by atoms with Gasteiger partial charge in [0, 0.05) is 25.6 Å². The van der Waals surface area contributed by atoms with Crippen LogP contribution in [0.2, 0.25) is 0 Å². The molecule has 0 unspecified atom stereocenters. The highest BCUT2D eigenvalue weighted by Gasteiger charge is 2.18. The molecule has 20 heavy (non-hydrogen) atoms. The minimum Gasteiger partial charge on any atom is -0.373 e.